The van der Waals surface area contributed by atoms with Gasteiger partial charge >= 0.3 is 7.82 Å². The Labute approximate surface area is 161 Å². The molecule has 3 aromatic carbocycles. The molecule has 0 spiro atoms. The van der Waals surface area contributed by atoms with Crippen LogP contribution in [0, 0.1) is 0 Å². The first-order valence-electron chi connectivity index (χ1n) is 8.58. The Balaban J connectivity index is 1.81. The second kappa shape index (κ2) is 8.54. The smallest absolute Gasteiger partial charge is 0.469 e. The highest BCUT2D eigenvalue weighted by Gasteiger charge is 2.22. The monoisotopic (exact) mass is 401 g/mol. The molecule has 0 fully saturated rings. The van der Waals surface area contributed by atoms with Gasteiger partial charge in [-0.2, -0.15) is 0 Å². The summed E-state index contributed by atoms with van der Waals surface area (Å²) >= 11 is 0. The van der Waals surface area contributed by atoms with Crippen molar-refractivity contribution in [2.75, 3.05) is 6.61 Å². The van der Waals surface area contributed by atoms with E-state index in [0.29, 0.717) is 6.42 Å². The molecule has 1 unspecified atom stereocenters. The number of hydrogen-bond acceptors (Lipinski definition) is 4. The van der Waals surface area contributed by atoms with E-state index in [4.69, 9.17) is 9.79 Å². The zero-order valence-corrected chi connectivity index (χ0v) is 15.8. The van der Waals surface area contributed by atoms with Gasteiger partial charge in [-0.15, -0.1) is 0 Å². The minimum absolute atomic E-state index is 0.0768. The maximum Gasteiger partial charge on any atom is 0.469 e. The van der Waals surface area contributed by atoms with E-state index in [0.717, 1.165) is 16.3 Å². The maximum absolute atomic E-state index is 12.7. The first-order valence-corrected chi connectivity index (χ1v) is 10.1. The van der Waals surface area contributed by atoms with Crippen molar-refractivity contribution < 1.29 is 28.8 Å². The summed E-state index contributed by atoms with van der Waals surface area (Å²) in [5.41, 5.74) is 0.942. The van der Waals surface area contributed by atoms with E-state index in [2.05, 4.69) is 9.84 Å². The van der Waals surface area contributed by atoms with Crippen LogP contribution in [0.1, 0.15) is 15.9 Å². The maximum atomic E-state index is 12.7. The number of aromatic hydroxyl groups is 1. The molecule has 0 bridgehead atoms. The van der Waals surface area contributed by atoms with E-state index in [1.54, 1.807) is 6.07 Å². The fourth-order valence-corrected chi connectivity index (χ4v) is 3.28. The summed E-state index contributed by atoms with van der Waals surface area (Å²) in [4.78, 5) is 30.7. The van der Waals surface area contributed by atoms with Crippen molar-refractivity contribution in [1.82, 2.24) is 5.32 Å². The topological polar surface area (TPSA) is 116 Å². The number of fused-ring (bicyclic) bond motifs is 1. The van der Waals surface area contributed by atoms with E-state index in [1.165, 1.54) is 6.07 Å². The Kier molecular flexibility index (Phi) is 6.11. The van der Waals surface area contributed by atoms with Gasteiger partial charge in [0.2, 0.25) is 0 Å². The Hall–Kier alpha value is -2.70. The molecular weight excluding hydrogens is 381 g/mol. The average Bonchev–Trinajstić information content (AvgIpc) is 2.65. The minimum atomic E-state index is -4.68. The number of phosphoric acid groups is 1. The van der Waals surface area contributed by atoms with E-state index in [1.807, 2.05) is 54.6 Å². The van der Waals surface area contributed by atoms with Gasteiger partial charge in [0.25, 0.3) is 5.91 Å². The fraction of sp³-hybridized carbons (Fsp3) is 0.150. The first-order chi connectivity index (χ1) is 13.3. The van der Waals surface area contributed by atoms with Crippen LogP contribution in [-0.2, 0) is 15.5 Å². The third-order valence-electron chi connectivity index (χ3n) is 4.21. The van der Waals surface area contributed by atoms with Gasteiger partial charge in [-0.05, 0) is 34.9 Å². The number of phenols is 1. The number of nitrogens with one attached hydrogen (secondary N) is 1. The normalized spacial score (nSPS) is 12.6. The standard InChI is InChI=1S/C20H20NO6P/c22-19-12-16-9-5-4-8-15(16)11-18(19)20(23)21-17(13-27-28(24,25)26)10-14-6-2-1-3-7-14/h1-9,11-12,17,22H,10,13H2,(H,21,23)(H2,24,25,26). The van der Waals surface area contributed by atoms with Crippen molar-refractivity contribution in [3.05, 3.63) is 77.9 Å². The number of rotatable bonds is 7. The number of amides is 1. The first kappa shape index (κ1) is 20.0. The van der Waals surface area contributed by atoms with Crippen LogP contribution in [0.2, 0.25) is 0 Å². The largest absolute Gasteiger partial charge is 0.507 e. The van der Waals surface area contributed by atoms with Gasteiger partial charge in [-0.1, -0.05) is 54.6 Å². The van der Waals surface area contributed by atoms with Crippen LogP contribution in [0.5, 0.6) is 5.75 Å². The van der Waals surface area contributed by atoms with E-state index >= 15 is 0 Å². The Morgan fingerprint density at radius 1 is 1.00 bits per heavy atom. The fourth-order valence-electron chi connectivity index (χ4n) is 2.91. The van der Waals surface area contributed by atoms with Gasteiger partial charge in [0.15, 0.2) is 0 Å². The predicted molar refractivity (Wildman–Crippen MR) is 105 cm³/mol. The second-order valence-corrected chi connectivity index (χ2v) is 7.60. The summed E-state index contributed by atoms with van der Waals surface area (Å²) in [6.07, 6.45) is 0.306. The van der Waals surface area contributed by atoms with Crippen molar-refractivity contribution in [2.45, 2.75) is 12.5 Å². The van der Waals surface area contributed by atoms with Crippen molar-refractivity contribution in [1.29, 1.82) is 0 Å². The second-order valence-electron chi connectivity index (χ2n) is 6.36. The molecule has 28 heavy (non-hydrogen) atoms. The predicted octanol–water partition coefficient (Wildman–Crippen LogP) is 3.00. The van der Waals surface area contributed by atoms with Crippen molar-refractivity contribution in [3.63, 3.8) is 0 Å². The van der Waals surface area contributed by atoms with Crippen molar-refractivity contribution in [3.8, 4) is 5.75 Å². The Morgan fingerprint density at radius 2 is 1.61 bits per heavy atom. The highest BCUT2D eigenvalue weighted by molar-refractivity contribution is 7.46. The number of carbonyl (C=O) groups is 1. The van der Waals surface area contributed by atoms with Crippen LogP contribution < -0.4 is 5.32 Å². The molecular formula is C20H20NO6P. The summed E-state index contributed by atoms with van der Waals surface area (Å²) in [6.45, 7) is -0.376. The molecule has 8 heteroatoms. The molecule has 0 aromatic heterocycles. The lowest BCUT2D eigenvalue weighted by Crippen LogP contribution is -2.39. The third-order valence-corrected chi connectivity index (χ3v) is 4.70. The molecule has 4 N–H and O–H groups in total. The molecule has 3 rings (SSSR count). The lowest BCUT2D eigenvalue weighted by atomic mass is 10.0. The van der Waals surface area contributed by atoms with Crippen molar-refractivity contribution >= 4 is 24.5 Å². The molecule has 0 saturated carbocycles. The van der Waals surface area contributed by atoms with E-state index in [-0.39, 0.29) is 17.9 Å². The molecule has 146 valence electrons. The summed E-state index contributed by atoms with van der Waals surface area (Å²) in [6, 6.07) is 18.8. The quantitative estimate of drug-likeness (QED) is 0.453. The Morgan fingerprint density at radius 3 is 2.25 bits per heavy atom. The summed E-state index contributed by atoms with van der Waals surface area (Å²) in [5, 5.41) is 14.5. The summed E-state index contributed by atoms with van der Waals surface area (Å²) in [7, 11) is -4.68. The summed E-state index contributed by atoms with van der Waals surface area (Å²) in [5.74, 6) is -0.732. The molecule has 0 radical (unpaired) electrons. The molecule has 0 aliphatic heterocycles. The SMILES string of the molecule is O=C(NC(COP(=O)(O)O)Cc1ccccc1)c1cc2ccccc2cc1O. The molecule has 0 aliphatic rings. The number of hydrogen-bond donors (Lipinski definition) is 4. The minimum Gasteiger partial charge on any atom is -0.507 e. The third kappa shape index (κ3) is 5.41. The van der Waals surface area contributed by atoms with Crippen LogP contribution in [-0.4, -0.2) is 33.4 Å². The molecule has 1 atom stereocenters. The zero-order valence-electron chi connectivity index (χ0n) is 14.9. The van der Waals surface area contributed by atoms with Gasteiger partial charge in [0, 0.05) is 0 Å². The van der Waals surface area contributed by atoms with Crippen LogP contribution in [0.25, 0.3) is 10.8 Å². The van der Waals surface area contributed by atoms with Crippen LogP contribution in [0.3, 0.4) is 0 Å². The Bertz CT molecular complexity index is 1020. The molecule has 7 nitrogen and oxygen atoms in total. The van der Waals surface area contributed by atoms with Crippen molar-refractivity contribution in [2.24, 2.45) is 0 Å². The number of benzene rings is 3. The lowest BCUT2D eigenvalue weighted by Gasteiger charge is -2.20. The van der Waals surface area contributed by atoms with Gasteiger partial charge in [0.05, 0.1) is 18.2 Å². The molecule has 0 heterocycles. The number of phenolic OH excluding ortho intramolecular Hbond substituents is 1. The number of carbonyl (C=O) groups excluding carboxylic acids is 1. The highest BCUT2D eigenvalue weighted by atomic mass is 31.2. The van der Waals surface area contributed by atoms with Crippen LogP contribution in [0.4, 0.5) is 0 Å². The average molecular weight is 401 g/mol. The number of phosphoric ester groups is 1. The van der Waals surface area contributed by atoms with Gasteiger partial charge in [-0.25, -0.2) is 4.57 Å². The summed E-state index contributed by atoms with van der Waals surface area (Å²) < 4.78 is 15.7. The molecule has 1 amide bonds. The van der Waals surface area contributed by atoms with Crippen LogP contribution >= 0.6 is 7.82 Å². The van der Waals surface area contributed by atoms with Gasteiger partial charge in [0.1, 0.15) is 5.75 Å². The van der Waals surface area contributed by atoms with Gasteiger partial charge in [-0.3, -0.25) is 9.32 Å². The highest BCUT2D eigenvalue weighted by Crippen LogP contribution is 2.36. The van der Waals surface area contributed by atoms with Crippen LogP contribution in [0.15, 0.2) is 66.7 Å². The molecule has 0 saturated heterocycles. The lowest BCUT2D eigenvalue weighted by molar-refractivity contribution is 0.0906. The van der Waals surface area contributed by atoms with E-state index in [9.17, 15) is 14.5 Å². The molecule has 0 aliphatic carbocycles. The molecule has 3 aromatic rings. The van der Waals surface area contributed by atoms with E-state index < -0.39 is 19.8 Å². The van der Waals surface area contributed by atoms with Gasteiger partial charge < -0.3 is 20.2 Å². The zero-order chi connectivity index (χ0) is 20.1.